The number of methoxy groups -OCH3 is 1. The van der Waals surface area contributed by atoms with Crippen LogP contribution in [-0.4, -0.2) is 35.5 Å². The van der Waals surface area contributed by atoms with E-state index in [1.54, 1.807) is 24.3 Å². The number of nitrogens with zero attached hydrogens (tertiary/aromatic N) is 1. The molecule has 6 heteroatoms. The fraction of sp³-hybridized carbons (Fsp3) is 0.158. The molecule has 3 rings (SSSR count). The summed E-state index contributed by atoms with van der Waals surface area (Å²) in [4.78, 5) is 25.9. The van der Waals surface area contributed by atoms with Gasteiger partial charge in [0.05, 0.1) is 7.11 Å². The molecule has 0 spiro atoms. The van der Waals surface area contributed by atoms with Gasteiger partial charge < -0.3 is 15.2 Å². The molecule has 0 fully saturated rings. The van der Waals surface area contributed by atoms with Crippen LogP contribution in [0.2, 0.25) is 0 Å². The van der Waals surface area contributed by atoms with Gasteiger partial charge in [0.15, 0.2) is 11.5 Å². The molecule has 0 aromatic heterocycles. The zero-order valence-corrected chi connectivity index (χ0v) is 13.8. The van der Waals surface area contributed by atoms with Gasteiger partial charge in [0.1, 0.15) is 6.54 Å². The number of benzene rings is 2. The number of ether oxygens (including phenoxy) is 1. The molecule has 0 unspecified atom stereocenters. The number of rotatable bonds is 5. The molecule has 0 saturated heterocycles. The van der Waals surface area contributed by atoms with Crippen molar-refractivity contribution in [2.75, 3.05) is 13.7 Å². The molecule has 1 aliphatic heterocycles. The quantitative estimate of drug-likeness (QED) is 0.875. The fourth-order valence-electron chi connectivity index (χ4n) is 2.75. The highest BCUT2D eigenvalue weighted by Gasteiger charge is 2.31. The van der Waals surface area contributed by atoms with Crippen LogP contribution < -0.4 is 10.1 Å². The summed E-state index contributed by atoms with van der Waals surface area (Å²) in [5.74, 6) is -0.157. The van der Waals surface area contributed by atoms with Gasteiger partial charge in [0.2, 0.25) is 5.91 Å². The average molecular weight is 338 g/mol. The molecule has 2 aromatic rings. The first-order chi connectivity index (χ1) is 12.0. The highest BCUT2D eigenvalue weighted by Crippen LogP contribution is 2.30. The van der Waals surface area contributed by atoms with Crippen LogP contribution in [0, 0.1) is 0 Å². The second kappa shape index (κ2) is 6.68. The second-order valence-electron chi connectivity index (χ2n) is 5.67. The number of aromatic hydroxyl groups is 1. The molecule has 1 heterocycles. The molecule has 128 valence electrons. The predicted molar refractivity (Wildman–Crippen MR) is 93.0 cm³/mol. The molecular formula is C19H18N2O4. The number of phenolic OH excluding ortho intramolecular Hbond substituents is 1. The Morgan fingerprint density at radius 1 is 1.24 bits per heavy atom. The summed E-state index contributed by atoms with van der Waals surface area (Å²) < 4.78 is 4.98. The zero-order chi connectivity index (χ0) is 18.0. The maximum atomic E-state index is 12.4. The van der Waals surface area contributed by atoms with E-state index in [9.17, 15) is 14.7 Å². The highest BCUT2D eigenvalue weighted by atomic mass is 16.5. The Hall–Kier alpha value is -3.28. The van der Waals surface area contributed by atoms with Crippen molar-refractivity contribution in [2.45, 2.75) is 6.54 Å². The lowest BCUT2D eigenvalue weighted by atomic mass is 10.1. The van der Waals surface area contributed by atoms with Crippen molar-refractivity contribution in [1.29, 1.82) is 0 Å². The van der Waals surface area contributed by atoms with Crippen LogP contribution in [0.1, 0.15) is 21.5 Å². The lowest BCUT2D eigenvalue weighted by Gasteiger charge is -2.17. The monoisotopic (exact) mass is 338 g/mol. The van der Waals surface area contributed by atoms with Crippen molar-refractivity contribution >= 4 is 17.5 Å². The number of amides is 2. The number of fused-ring (bicyclic) bond motifs is 1. The standard InChI is InChI=1S/C19H18N2O4/c1-12-14-5-3-4-6-15(14)19(24)21(12)11-18(23)20-10-13-7-8-17(25-2)16(22)9-13/h3-9,22H,1,10-11H2,2H3,(H,20,23). The molecule has 2 aromatic carbocycles. The number of hydrogen-bond donors (Lipinski definition) is 2. The molecule has 0 saturated carbocycles. The highest BCUT2D eigenvalue weighted by molar-refractivity contribution is 6.10. The van der Waals surface area contributed by atoms with Crippen LogP contribution in [0.15, 0.2) is 49.0 Å². The smallest absolute Gasteiger partial charge is 0.259 e. The molecular weight excluding hydrogens is 320 g/mol. The molecule has 0 bridgehead atoms. The van der Waals surface area contributed by atoms with E-state index in [4.69, 9.17) is 4.74 Å². The van der Waals surface area contributed by atoms with Gasteiger partial charge in [-0.15, -0.1) is 0 Å². The Bertz CT molecular complexity index is 825. The van der Waals surface area contributed by atoms with E-state index in [1.807, 2.05) is 12.1 Å². The van der Waals surface area contributed by atoms with Crippen LogP contribution in [0.5, 0.6) is 11.5 Å². The summed E-state index contributed by atoms with van der Waals surface area (Å²) in [6.45, 7) is 4.04. The van der Waals surface area contributed by atoms with Crippen LogP contribution >= 0.6 is 0 Å². The van der Waals surface area contributed by atoms with E-state index >= 15 is 0 Å². The SMILES string of the molecule is C=C1c2ccccc2C(=O)N1CC(=O)NCc1ccc(OC)c(O)c1. The summed E-state index contributed by atoms with van der Waals surface area (Å²) in [7, 11) is 1.47. The van der Waals surface area contributed by atoms with Crippen molar-refractivity contribution in [3.05, 3.63) is 65.7 Å². The van der Waals surface area contributed by atoms with Crippen molar-refractivity contribution < 1.29 is 19.4 Å². The predicted octanol–water partition coefficient (Wildman–Crippen LogP) is 2.14. The minimum atomic E-state index is -0.308. The molecule has 6 nitrogen and oxygen atoms in total. The molecule has 25 heavy (non-hydrogen) atoms. The number of hydrogen-bond acceptors (Lipinski definition) is 4. The zero-order valence-electron chi connectivity index (χ0n) is 13.8. The van der Waals surface area contributed by atoms with E-state index in [0.29, 0.717) is 17.0 Å². The molecule has 2 N–H and O–H groups in total. The summed E-state index contributed by atoms with van der Waals surface area (Å²) in [5.41, 5.74) is 2.56. The summed E-state index contributed by atoms with van der Waals surface area (Å²) >= 11 is 0. The number of carbonyl (C=O) groups is 2. The first-order valence-electron chi connectivity index (χ1n) is 7.74. The first kappa shape index (κ1) is 16.6. The second-order valence-corrected chi connectivity index (χ2v) is 5.67. The van der Waals surface area contributed by atoms with Crippen molar-refractivity contribution in [2.24, 2.45) is 0 Å². The third-order valence-electron chi connectivity index (χ3n) is 4.07. The van der Waals surface area contributed by atoms with Gasteiger partial charge >= 0.3 is 0 Å². The lowest BCUT2D eigenvalue weighted by Crippen LogP contribution is -2.36. The third kappa shape index (κ3) is 3.19. The van der Waals surface area contributed by atoms with Crippen LogP contribution in [0.3, 0.4) is 0 Å². The van der Waals surface area contributed by atoms with E-state index in [1.165, 1.54) is 18.1 Å². The Balaban J connectivity index is 1.61. The number of phenols is 1. The largest absolute Gasteiger partial charge is 0.504 e. The normalized spacial score (nSPS) is 12.9. The van der Waals surface area contributed by atoms with Crippen molar-refractivity contribution in [3.63, 3.8) is 0 Å². The van der Waals surface area contributed by atoms with E-state index < -0.39 is 0 Å². The topological polar surface area (TPSA) is 78.9 Å². The van der Waals surface area contributed by atoms with Gasteiger partial charge in [0, 0.05) is 23.4 Å². The Labute approximate surface area is 145 Å². The third-order valence-corrected chi connectivity index (χ3v) is 4.07. The van der Waals surface area contributed by atoms with Crippen molar-refractivity contribution in [3.8, 4) is 11.5 Å². The minimum Gasteiger partial charge on any atom is -0.504 e. The maximum absolute atomic E-state index is 12.4. The number of nitrogens with one attached hydrogen (secondary N) is 1. The van der Waals surface area contributed by atoms with Crippen LogP contribution in [0.4, 0.5) is 0 Å². The average Bonchev–Trinajstić information content (AvgIpc) is 2.85. The Kier molecular flexibility index (Phi) is 4.43. The first-order valence-corrected chi connectivity index (χ1v) is 7.74. The van der Waals surface area contributed by atoms with Gasteiger partial charge in [0.25, 0.3) is 5.91 Å². The molecule has 0 atom stereocenters. The van der Waals surface area contributed by atoms with E-state index in [-0.39, 0.29) is 30.7 Å². The molecule has 2 amide bonds. The van der Waals surface area contributed by atoms with Crippen molar-refractivity contribution in [1.82, 2.24) is 10.2 Å². The Morgan fingerprint density at radius 2 is 1.96 bits per heavy atom. The molecule has 0 aliphatic carbocycles. The van der Waals surface area contributed by atoms with Gasteiger partial charge in [-0.3, -0.25) is 14.5 Å². The minimum absolute atomic E-state index is 0.00722. The summed E-state index contributed by atoms with van der Waals surface area (Å²) in [6.07, 6.45) is 0. The van der Waals surface area contributed by atoms with Gasteiger partial charge in [-0.25, -0.2) is 0 Å². The number of carbonyl (C=O) groups excluding carboxylic acids is 2. The Morgan fingerprint density at radius 3 is 2.60 bits per heavy atom. The lowest BCUT2D eigenvalue weighted by molar-refractivity contribution is -0.121. The van der Waals surface area contributed by atoms with Gasteiger partial charge in [-0.1, -0.05) is 30.8 Å². The van der Waals surface area contributed by atoms with Crippen LogP contribution in [-0.2, 0) is 11.3 Å². The molecule has 1 aliphatic rings. The maximum Gasteiger partial charge on any atom is 0.259 e. The summed E-state index contributed by atoms with van der Waals surface area (Å²) in [5, 5.41) is 12.5. The van der Waals surface area contributed by atoms with Crippen LogP contribution in [0.25, 0.3) is 5.70 Å². The van der Waals surface area contributed by atoms with E-state index in [2.05, 4.69) is 11.9 Å². The van der Waals surface area contributed by atoms with Gasteiger partial charge in [-0.05, 0) is 23.8 Å². The molecule has 0 radical (unpaired) electrons. The summed E-state index contributed by atoms with van der Waals surface area (Å²) in [6, 6.07) is 12.0. The van der Waals surface area contributed by atoms with Gasteiger partial charge in [-0.2, -0.15) is 0 Å². The van der Waals surface area contributed by atoms with E-state index in [0.717, 1.165) is 11.1 Å². The fourth-order valence-corrected chi connectivity index (χ4v) is 2.75.